The summed E-state index contributed by atoms with van der Waals surface area (Å²) in [5.41, 5.74) is 6.70. The Hall–Kier alpha value is -2.30. The van der Waals surface area contributed by atoms with Crippen molar-refractivity contribution in [3.63, 3.8) is 0 Å². The highest BCUT2D eigenvalue weighted by atomic mass is 79.9. The Morgan fingerprint density at radius 1 is 1.18 bits per heavy atom. The highest BCUT2D eigenvalue weighted by Crippen LogP contribution is 2.33. The maximum atomic E-state index is 13.0. The van der Waals surface area contributed by atoms with Gasteiger partial charge in [0.25, 0.3) is 0 Å². The second-order valence-electron chi connectivity index (χ2n) is 5.75. The van der Waals surface area contributed by atoms with Crippen LogP contribution in [0.2, 0.25) is 0 Å². The largest absolute Gasteiger partial charge is 0.383 e. The topological polar surface area (TPSA) is 107 Å². The van der Waals surface area contributed by atoms with Gasteiger partial charge < -0.3 is 11.1 Å². The van der Waals surface area contributed by atoms with Gasteiger partial charge in [-0.3, -0.25) is 4.79 Å². The number of nitrogen functional groups attached to an aromatic ring is 1. The minimum Gasteiger partial charge on any atom is -0.383 e. The molecule has 0 unspecified atom stereocenters. The summed E-state index contributed by atoms with van der Waals surface area (Å²) in [6.45, 7) is -0.209. The van der Waals surface area contributed by atoms with E-state index in [0.29, 0.717) is 5.69 Å². The number of hydrogen-bond donors (Lipinski definition) is 2. The summed E-state index contributed by atoms with van der Waals surface area (Å²) in [6, 6.07) is 15.1. The molecule has 3 aromatic rings. The molecular formula is C18H17BrN4O3S2. The molecule has 0 saturated heterocycles. The lowest BCUT2D eigenvalue weighted by atomic mass is 10.3. The van der Waals surface area contributed by atoms with Gasteiger partial charge in [0.05, 0.1) is 4.90 Å². The van der Waals surface area contributed by atoms with Gasteiger partial charge in [-0.1, -0.05) is 34.1 Å². The summed E-state index contributed by atoms with van der Waals surface area (Å²) in [5, 5.41) is 7.20. The molecule has 0 aliphatic carbocycles. The van der Waals surface area contributed by atoms with Gasteiger partial charge in [0.15, 0.2) is 0 Å². The third kappa shape index (κ3) is 4.23. The van der Waals surface area contributed by atoms with Gasteiger partial charge in [0.1, 0.15) is 22.3 Å². The first-order valence-electron chi connectivity index (χ1n) is 8.08. The van der Waals surface area contributed by atoms with Gasteiger partial charge in [-0.05, 0) is 42.7 Å². The number of halogens is 1. The van der Waals surface area contributed by atoms with Crippen molar-refractivity contribution >= 4 is 54.9 Å². The molecule has 10 heteroatoms. The standard InChI is InChI=1S/C18H17BrN4O3S2/c1-27-18-16(28(25,26)14-5-3-2-4-6-14)17(20)23(22-18)11-15(24)21-13-9-7-12(19)8-10-13/h2-10H,11,20H2,1H3,(H,21,24). The Morgan fingerprint density at radius 3 is 2.43 bits per heavy atom. The second-order valence-corrected chi connectivity index (χ2v) is 9.35. The van der Waals surface area contributed by atoms with Crippen LogP contribution in [0, 0.1) is 0 Å². The van der Waals surface area contributed by atoms with E-state index in [9.17, 15) is 13.2 Å². The SMILES string of the molecule is CSc1nn(CC(=O)Nc2ccc(Br)cc2)c(N)c1S(=O)(=O)c1ccccc1. The number of amides is 1. The van der Waals surface area contributed by atoms with Crippen molar-refractivity contribution in [3.8, 4) is 0 Å². The Balaban J connectivity index is 1.90. The molecule has 0 fully saturated rings. The van der Waals surface area contributed by atoms with Crippen LogP contribution in [0.25, 0.3) is 0 Å². The fourth-order valence-corrected chi connectivity index (χ4v) is 5.25. The molecule has 28 heavy (non-hydrogen) atoms. The highest BCUT2D eigenvalue weighted by molar-refractivity contribution is 9.10. The Morgan fingerprint density at radius 2 is 1.82 bits per heavy atom. The molecule has 0 radical (unpaired) electrons. The zero-order valence-electron chi connectivity index (χ0n) is 14.8. The van der Waals surface area contributed by atoms with Crippen LogP contribution in [0.5, 0.6) is 0 Å². The number of rotatable bonds is 6. The molecule has 1 heterocycles. The molecule has 0 spiro atoms. The maximum Gasteiger partial charge on any atom is 0.246 e. The molecule has 1 aromatic heterocycles. The van der Waals surface area contributed by atoms with E-state index in [0.717, 1.165) is 16.2 Å². The Labute approximate surface area is 175 Å². The molecule has 1 amide bonds. The van der Waals surface area contributed by atoms with E-state index < -0.39 is 9.84 Å². The molecule has 0 aliphatic heterocycles. The fraction of sp³-hybridized carbons (Fsp3) is 0.111. The van der Waals surface area contributed by atoms with Crippen molar-refractivity contribution in [2.24, 2.45) is 0 Å². The monoisotopic (exact) mass is 480 g/mol. The predicted octanol–water partition coefficient (Wildman–Crippen LogP) is 3.42. The van der Waals surface area contributed by atoms with Crippen LogP contribution in [-0.4, -0.2) is 30.4 Å². The van der Waals surface area contributed by atoms with E-state index in [2.05, 4.69) is 26.3 Å². The number of nitrogens with two attached hydrogens (primary N) is 1. The van der Waals surface area contributed by atoms with Crippen molar-refractivity contribution in [1.29, 1.82) is 0 Å². The number of nitrogens with one attached hydrogen (secondary N) is 1. The molecule has 146 valence electrons. The molecule has 0 aliphatic rings. The summed E-state index contributed by atoms with van der Waals surface area (Å²) in [5.74, 6) is -0.438. The van der Waals surface area contributed by atoms with Crippen LogP contribution in [0.15, 0.2) is 73.9 Å². The number of carbonyl (C=O) groups is 1. The first kappa shape index (κ1) is 20.4. The normalized spacial score (nSPS) is 11.4. The zero-order chi connectivity index (χ0) is 20.3. The maximum absolute atomic E-state index is 13.0. The van der Waals surface area contributed by atoms with E-state index in [4.69, 9.17) is 5.73 Å². The molecule has 0 bridgehead atoms. The number of hydrogen-bond acceptors (Lipinski definition) is 6. The number of carbonyl (C=O) groups excluding carboxylic acids is 1. The number of anilines is 2. The van der Waals surface area contributed by atoms with Crippen LogP contribution < -0.4 is 11.1 Å². The van der Waals surface area contributed by atoms with Crippen molar-refractivity contribution < 1.29 is 13.2 Å². The minimum atomic E-state index is -3.86. The Bertz CT molecular complexity index is 1100. The van der Waals surface area contributed by atoms with E-state index in [-0.39, 0.29) is 33.1 Å². The van der Waals surface area contributed by atoms with Crippen LogP contribution in [0.3, 0.4) is 0 Å². The lowest BCUT2D eigenvalue weighted by Gasteiger charge is -2.08. The third-order valence-corrected chi connectivity index (χ3v) is 7.02. The number of thioether (sulfide) groups is 1. The fourth-order valence-electron chi connectivity index (χ4n) is 2.53. The molecule has 2 aromatic carbocycles. The molecule has 3 rings (SSSR count). The average Bonchev–Trinajstić information content (AvgIpc) is 3.00. The smallest absolute Gasteiger partial charge is 0.246 e. The molecule has 7 nitrogen and oxygen atoms in total. The molecular weight excluding hydrogens is 464 g/mol. The van der Waals surface area contributed by atoms with E-state index in [1.165, 1.54) is 16.8 Å². The Kier molecular flexibility index (Phi) is 6.11. The van der Waals surface area contributed by atoms with Gasteiger partial charge in [-0.25, -0.2) is 13.1 Å². The first-order chi connectivity index (χ1) is 13.3. The molecule has 0 saturated carbocycles. The van der Waals surface area contributed by atoms with Gasteiger partial charge >= 0.3 is 0 Å². The quantitative estimate of drug-likeness (QED) is 0.523. The van der Waals surface area contributed by atoms with Crippen LogP contribution in [0.4, 0.5) is 11.5 Å². The van der Waals surface area contributed by atoms with Crippen molar-refractivity contribution in [3.05, 3.63) is 59.1 Å². The second kappa shape index (κ2) is 8.38. The number of sulfone groups is 1. The van der Waals surface area contributed by atoms with Gasteiger partial charge in [0, 0.05) is 10.2 Å². The zero-order valence-corrected chi connectivity index (χ0v) is 18.0. The van der Waals surface area contributed by atoms with E-state index >= 15 is 0 Å². The van der Waals surface area contributed by atoms with E-state index in [1.54, 1.807) is 48.7 Å². The molecule has 3 N–H and O–H groups in total. The summed E-state index contributed by atoms with van der Waals surface area (Å²) in [4.78, 5) is 12.4. The first-order valence-corrected chi connectivity index (χ1v) is 11.6. The number of benzene rings is 2. The predicted molar refractivity (Wildman–Crippen MR) is 113 cm³/mol. The summed E-state index contributed by atoms with van der Waals surface area (Å²) in [7, 11) is -3.86. The summed E-state index contributed by atoms with van der Waals surface area (Å²) in [6.07, 6.45) is 1.71. The van der Waals surface area contributed by atoms with E-state index in [1.807, 2.05) is 0 Å². The lowest BCUT2D eigenvalue weighted by Crippen LogP contribution is -2.21. The number of aromatic nitrogens is 2. The summed E-state index contributed by atoms with van der Waals surface area (Å²) < 4.78 is 28.1. The van der Waals surface area contributed by atoms with Gasteiger partial charge in [-0.15, -0.1) is 11.8 Å². The van der Waals surface area contributed by atoms with Crippen LogP contribution in [-0.2, 0) is 21.2 Å². The number of nitrogens with zero attached hydrogens (tertiary/aromatic N) is 2. The third-order valence-electron chi connectivity index (χ3n) is 3.85. The van der Waals surface area contributed by atoms with Crippen molar-refractivity contribution in [1.82, 2.24) is 9.78 Å². The van der Waals surface area contributed by atoms with Gasteiger partial charge in [-0.2, -0.15) is 5.10 Å². The molecule has 0 atom stereocenters. The lowest BCUT2D eigenvalue weighted by molar-refractivity contribution is -0.116. The highest BCUT2D eigenvalue weighted by Gasteiger charge is 2.29. The van der Waals surface area contributed by atoms with Crippen LogP contribution >= 0.6 is 27.7 Å². The average molecular weight is 481 g/mol. The van der Waals surface area contributed by atoms with Gasteiger partial charge in [0.2, 0.25) is 15.7 Å². The summed E-state index contributed by atoms with van der Waals surface area (Å²) >= 11 is 4.49. The minimum absolute atomic E-state index is 0.0702. The van der Waals surface area contributed by atoms with Crippen molar-refractivity contribution in [2.45, 2.75) is 21.4 Å². The van der Waals surface area contributed by atoms with Crippen LogP contribution in [0.1, 0.15) is 0 Å². The van der Waals surface area contributed by atoms with Crippen molar-refractivity contribution in [2.75, 3.05) is 17.3 Å².